The van der Waals surface area contributed by atoms with E-state index in [4.69, 9.17) is 16.3 Å². The zero-order chi connectivity index (χ0) is 24.7. The van der Waals surface area contributed by atoms with E-state index in [1.54, 1.807) is 48.9 Å². The molecule has 0 aliphatic rings. The highest BCUT2D eigenvalue weighted by molar-refractivity contribution is 7.99. The summed E-state index contributed by atoms with van der Waals surface area (Å²) in [4.78, 5) is 24.9. The number of thioether (sulfide) groups is 1. The SMILES string of the molecule is C=CCn1c(SCC(=O)Nc2ccc(F)c(Cl)c2)nnc1[C@H](C)NC(=O)c1ccc(OC)cc1. The quantitative estimate of drug-likeness (QED) is 0.312. The largest absolute Gasteiger partial charge is 0.497 e. The maximum absolute atomic E-state index is 13.3. The van der Waals surface area contributed by atoms with Crippen LogP contribution in [-0.4, -0.2) is 39.4 Å². The lowest BCUT2D eigenvalue weighted by Gasteiger charge is -2.15. The number of carbonyl (C=O) groups excluding carboxylic acids is 2. The van der Waals surface area contributed by atoms with Crippen LogP contribution in [0.2, 0.25) is 5.02 Å². The molecule has 0 saturated heterocycles. The maximum atomic E-state index is 13.3. The molecule has 0 aliphatic carbocycles. The van der Waals surface area contributed by atoms with Crippen molar-refractivity contribution in [3.8, 4) is 5.75 Å². The van der Waals surface area contributed by atoms with E-state index in [1.807, 2.05) is 0 Å². The van der Waals surface area contributed by atoms with Crippen LogP contribution in [0, 0.1) is 5.82 Å². The number of carbonyl (C=O) groups is 2. The molecule has 0 radical (unpaired) electrons. The van der Waals surface area contributed by atoms with Crippen molar-refractivity contribution >= 4 is 40.9 Å². The lowest BCUT2D eigenvalue weighted by Crippen LogP contribution is -2.28. The number of aromatic nitrogens is 3. The molecule has 34 heavy (non-hydrogen) atoms. The zero-order valence-electron chi connectivity index (χ0n) is 18.5. The summed E-state index contributed by atoms with van der Waals surface area (Å²) >= 11 is 6.92. The lowest BCUT2D eigenvalue weighted by molar-refractivity contribution is -0.113. The van der Waals surface area contributed by atoms with Gasteiger partial charge in [0.2, 0.25) is 5.91 Å². The predicted molar refractivity (Wildman–Crippen MR) is 130 cm³/mol. The second kappa shape index (κ2) is 11.7. The highest BCUT2D eigenvalue weighted by Gasteiger charge is 2.20. The van der Waals surface area contributed by atoms with E-state index < -0.39 is 11.9 Å². The fraction of sp³-hybridized carbons (Fsp3) is 0.217. The van der Waals surface area contributed by atoms with Crippen LogP contribution in [0.3, 0.4) is 0 Å². The summed E-state index contributed by atoms with van der Waals surface area (Å²) in [5.74, 6) is 0.0700. The summed E-state index contributed by atoms with van der Waals surface area (Å²) in [5.41, 5.74) is 0.870. The van der Waals surface area contributed by atoms with Crippen LogP contribution < -0.4 is 15.4 Å². The van der Waals surface area contributed by atoms with Gasteiger partial charge in [-0.1, -0.05) is 29.4 Å². The third-order valence-corrected chi connectivity index (χ3v) is 5.94. The van der Waals surface area contributed by atoms with Gasteiger partial charge in [0.15, 0.2) is 11.0 Å². The number of nitrogens with zero attached hydrogens (tertiary/aromatic N) is 3. The molecule has 1 aromatic heterocycles. The van der Waals surface area contributed by atoms with E-state index in [9.17, 15) is 14.0 Å². The Morgan fingerprint density at radius 1 is 1.26 bits per heavy atom. The summed E-state index contributed by atoms with van der Waals surface area (Å²) < 4.78 is 20.2. The molecule has 11 heteroatoms. The maximum Gasteiger partial charge on any atom is 0.251 e. The van der Waals surface area contributed by atoms with Crippen molar-refractivity contribution in [1.82, 2.24) is 20.1 Å². The molecule has 0 spiro atoms. The van der Waals surface area contributed by atoms with E-state index in [0.717, 1.165) is 0 Å². The Balaban J connectivity index is 1.65. The first-order valence-corrected chi connectivity index (χ1v) is 11.5. The number of hydrogen-bond donors (Lipinski definition) is 2. The first-order valence-electron chi connectivity index (χ1n) is 10.2. The third-order valence-electron chi connectivity index (χ3n) is 4.68. The Morgan fingerprint density at radius 2 is 2.00 bits per heavy atom. The van der Waals surface area contributed by atoms with Gasteiger partial charge in [-0.3, -0.25) is 9.59 Å². The number of hydrogen-bond acceptors (Lipinski definition) is 6. The van der Waals surface area contributed by atoms with Crippen molar-refractivity contribution < 1.29 is 18.7 Å². The Hall–Kier alpha value is -3.37. The standard InChI is InChI=1S/C23H23ClFN5O3S/c1-4-11-30-21(14(2)26-22(32)15-5-8-17(33-3)9-6-15)28-29-23(30)34-13-20(31)27-16-7-10-19(25)18(24)12-16/h4-10,12,14H,1,11,13H2,2-3H3,(H,26,32)(H,27,31)/t14-/m0/s1. The van der Waals surface area contributed by atoms with Gasteiger partial charge in [-0.2, -0.15) is 0 Å². The molecular weight excluding hydrogens is 481 g/mol. The first kappa shape index (κ1) is 25.3. The molecule has 2 aromatic carbocycles. The van der Waals surface area contributed by atoms with Crippen LogP contribution in [0.4, 0.5) is 10.1 Å². The molecule has 0 bridgehead atoms. The number of ether oxygens (including phenoxy) is 1. The first-order chi connectivity index (χ1) is 16.3. The van der Waals surface area contributed by atoms with Crippen molar-refractivity contribution in [3.63, 3.8) is 0 Å². The van der Waals surface area contributed by atoms with Crippen molar-refractivity contribution in [1.29, 1.82) is 0 Å². The lowest BCUT2D eigenvalue weighted by atomic mass is 10.2. The van der Waals surface area contributed by atoms with Gasteiger partial charge in [0.1, 0.15) is 11.6 Å². The Morgan fingerprint density at radius 3 is 2.65 bits per heavy atom. The zero-order valence-corrected chi connectivity index (χ0v) is 20.1. The number of amides is 2. The Kier molecular flexibility index (Phi) is 8.67. The molecule has 8 nitrogen and oxygen atoms in total. The van der Waals surface area contributed by atoms with E-state index >= 15 is 0 Å². The Bertz CT molecular complexity index is 1190. The summed E-state index contributed by atoms with van der Waals surface area (Å²) in [5, 5.41) is 14.4. The molecule has 0 aliphatic heterocycles. The molecule has 3 rings (SSSR count). The van der Waals surface area contributed by atoms with Gasteiger partial charge >= 0.3 is 0 Å². The van der Waals surface area contributed by atoms with Gasteiger partial charge in [-0.25, -0.2) is 4.39 Å². The number of benzene rings is 2. The van der Waals surface area contributed by atoms with Gasteiger partial charge in [0.05, 0.1) is 23.9 Å². The number of halogens is 2. The summed E-state index contributed by atoms with van der Waals surface area (Å²) in [6.07, 6.45) is 1.68. The van der Waals surface area contributed by atoms with Crippen molar-refractivity contribution in [3.05, 3.63) is 77.3 Å². The highest BCUT2D eigenvalue weighted by Crippen LogP contribution is 2.23. The van der Waals surface area contributed by atoms with Crippen LogP contribution in [0.25, 0.3) is 0 Å². The smallest absolute Gasteiger partial charge is 0.251 e. The average Bonchev–Trinajstić information content (AvgIpc) is 3.23. The minimum absolute atomic E-state index is 0.0386. The minimum atomic E-state index is -0.563. The Labute approximate surface area is 205 Å². The molecule has 0 saturated carbocycles. The number of nitrogens with one attached hydrogen (secondary N) is 2. The molecular formula is C23H23ClFN5O3S. The van der Waals surface area contributed by atoms with Crippen molar-refractivity contribution in [2.24, 2.45) is 0 Å². The number of rotatable bonds is 10. The fourth-order valence-corrected chi connectivity index (χ4v) is 3.95. The number of methoxy groups -OCH3 is 1. The number of allylic oxidation sites excluding steroid dienone is 1. The molecule has 2 amide bonds. The van der Waals surface area contributed by atoms with Gasteiger partial charge < -0.3 is 19.9 Å². The second-order valence-corrected chi connectivity index (χ2v) is 8.48. The van der Waals surface area contributed by atoms with Crippen LogP contribution in [0.1, 0.15) is 29.1 Å². The monoisotopic (exact) mass is 503 g/mol. The van der Waals surface area contributed by atoms with Crippen molar-refractivity contribution in [2.45, 2.75) is 24.7 Å². The molecule has 0 fully saturated rings. The predicted octanol–water partition coefficient (Wildman–Crippen LogP) is 4.49. The molecule has 1 atom stereocenters. The van der Waals surface area contributed by atoms with Crippen molar-refractivity contribution in [2.75, 3.05) is 18.2 Å². The van der Waals surface area contributed by atoms with Crippen LogP contribution in [-0.2, 0) is 11.3 Å². The minimum Gasteiger partial charge on any atom is -0.497 e. The third kappa shape index (κ3) is 6.36. The average molecular weight is 504 g/mol. The van der Waals surface area contributed by atoms with Gasteiger partial charge in [-0.15, -0.1) is 16.8 Å². The molecule has 2 N–H and O–H groups in total. The normalized spacial score (nSPS) is 11.5. The van der Waals surface area contributed by atoms with E-state index in [2.05, 4.69) is 27.4 Å². The van der Waals surface area contributed by atoms with Gasteiger partial charge in [-0.05, 0) is 49.4 Å². The summed E-state index contributed by atoms with van der Waals surface area (Å²) in [7, 11) is 1.56. The summed E-state index contributed by atoms with van der Waals surface area (Å²) in [6.45, 7) is 5.95. The van der Waals surface area contributed by atoms with E-state index in [1.165, 1.54) is 30.0 Å². The molecule has 1 heterocycles. The number of anilines is 1. The molecule has 3 aromatic rings. The van der Waals surface area contributed by atoms with Crippen LogP contribution in [0.5, 0.6) is 5.75 Å². The van der Waals surface area contributed by atoms with Crippen LogP contribution in [0.15, 0.2) is 60.3 Å². The second-order valence-electron chi connectivity index (χ2n) is 7.13. The molecule has 0 unspecified atom stereocenters. The fourth-order valence-electron chi connectivity index (χ4n) is 3.02. The van der Waals surface area contributed by atoms with E-state index in [0.29, 0.717) is 34.5 Å². The van der Waals surface area contributed by atoms with Gasteiger partial charge in [0, 0.05) is 17.8 Å². The van der Waals surface area contributed by atoms with Crippen LogP contribution >= 0.6 is 23.4 Å². The van der Waals surface area contributed by atoms with E-state index in [-0.39, 0.29) is 22.6 Å². The summed E-state index contributed by atoms with van der Waals surface area (Å²) in [6, 6.07) is 10.2. The highest BCUT2D eigenvalue weighted by atomic mass is 35.5. The van der Waals surface area contributed by atoms with Gasteiger partial charge in [0.25, 0.3) is 5.91 Å². The molecule has 178 valence electrons. The topological polar surface area (TPSA) is 98.1 Å².